The van der Waals surface area contributed by atoms with Crippen molar-refractivity contribution in [2.75, 3.05) is 13.7 Å². The summed E-state index contributed by atoms with van der Waals surface area (Å²) < 4.78 is 9.54. The molecule has 0 aliphatic rings. The molecule has 0 saturated heterocycles. The van der Waals surface area contributed by atoms with E-state index in [1.54, 1.807) is 19.1 Å². The number of methoxy groups -OCH3 is 1. The molecule has 0 aliphatic heterocycles. The second-order valence-electron chi connectivity index (χ2n) is 3.18. The average Bonchev–Trinajstić information content (AvgIpc) is 2.77. The lowest BCUT2D eigenvalue weighted by Gasteiger charge is -2.13. The summed E-state index contributed by atoms with van der Waals surface area (Å²) in [4.78, 5) is 11.0. The third kappa shape index (κ3) is 3.38. The van der Waals surface area contributed by atoms with Crippen LogP contribution in [0.5, 0.6) is 0 Å². The van der Waals surface area contributed by atoms with E-state index in [9.17, 15) is 9.90 Å². The minimum absolute atomic E-state index is 0.240. The molecule has 2 N–H and O–H groups in total. The molecule has 0 fully saturated rings. The van der Waals surface area contributed by atoms with Gasteiger partial charge in [-0.15, -0.1) is 0 Å². The van der Waals surface area contributed by atoms with Crippen molar-refractivity contribution in [1.82, 2.24) is 5.32 Å². The van der Waals surface area contributed by atoms with Crippen molar-refractivity contribution >= 4 is 5.97 Å². The highest BCUT2D eigenvalue weighted by Gasteiger charge is 2.16. The molecule has 0 aromatic carbocycles. The Morgan fingerprint density at radius 1 is 1.73 bits per heavy atom. The summed E-state index contributed by atoms with van der Waals surface area (Å²) in [6.45, 7) is 1.91. The van der Waals surface area contributed by atoms with E-state index in [-0.39, 0.29) is 12.5 Å². The van der Waals surface area contributed by atoms with Gasteiger partial charge in [-0.3, -0.25) is 4.79 Å². The van der Waals surface area contributed by atoms with Gasteiger partial charge in [0.2, 0.25) is 0 Å². The zero-order valence-corrected chi connectivity index (χ0v) is 8.77. The third-order valence-corrected chi connectivity index (χ3v) is 2.04. The fraction of sp³-hybridized carbons (Fsp3) is 0.500. The number of hydrogen-bond donors (Lipinski definition) is 2. The summed E-state index contributed by atoms with van der Waals surface area (Å²) in [5.41, 5.74) is 0. The van der Waals surface area contributed by atoms with E-state index in [1.165, 1.54) is 13.4 Å². The quantitative estimate of drug-likeness (QED) is 0.695. The standard InChI is InChI=1S/C10H15NO4/c1-7(10(13)14-2)11-6-8(12)9-4-3-5-15-9/h3-5,7-8,11-12H,6H2,1-2H3. The Balaban J connectivity index is 2.34. The molecule has 2 atom stereocenters. The van der Waals surface area contributed by atoms with Crippen molar-refractivity contribution < 1.29 is 19.1 Å². The molecule has 0 saturated carbocycles. The van der Waals surface area contributed by atoms with Gasteiger partial charge < -0.3 is 19.6 Å². The Morgan fingerprint density at radius 2 is 2.47 bits per heavy atom. The number of aliphatic hydroxyl groups excluding tert-OH is 1. The van der Waals surface area contributed by atoms with Gasteiger partial charge in [-0.1, -0.05) is 0 Å². The summed E-state index contributed by atoms with van der Waals surface area (Å²) in [6.07, 6.45) is 0.731. The van der Waals surface area contributed by atoms with Crippen LogP contribution in [0.1, 0.15) is 18.8 Å². The first-order chi connectivity index (χ1) is 7.15. The van der Waals surface area contributed by atoms with Crippen LogP contribution in [0.15, 0.2) is 22.8 Å². The number of furan rings is 1. The zero-order valence-electron chi connectivity index (χ0n) is 8.77. The molecule has 1 aromatic rings. The van der Waals surface area contributed by atoms with Gasteiger partial charge in [0, 0.05) is 6.54 Å². The predicted octanol–water partition coefficient (Wildman–Crippen LogP) is 0.464. The summed E-state index contributed by atoms with van der Waals surface area (Å²) in [7, 11) is 1.32. The maximum Gasteiger partial charge on any atom is 0.322 e. The summed E-state index contributed by atoms with van der Waals surface area (Å²) in [6, 6.07) is 2.93. The predicted molar refractivity (Wildman–Crippen MR) is 53.1 cm³/mol. The summed E-state index contributed by atoms with van der Waals surface area (Å²) in [5, 5.41) is 12.4. The van der Waals surface area contributed by atoms with Gasteiger partial charge in [0.05, 0.1) is 13.4 Å². The Morgan fingerprint density at radius 3 is 3.00 bits per heavy atom. The van der Waals surface area contributed by atoms with E-state index >= 15 is 0 Å². The van der Waals surface area contributed by atoms with Crippen molar-refractivity contribution in [3.63, 3.8) is 0 Å². The molecule has 15 heavy (non-hydrogen) atoms. The van der Waals surface area contributed by atoms with Crippen LogP contribution in [-0.2, 0) is 9.53 Å². The zero-order chi connectivity index (χ0) is 11.3. The van der Waals surface area contributed by atoms with E-state index < -0.39 is 12.1 Å². The largest absolute Gasteiger partial charge is 0.468 e. The van der Waals surface area contributed by atoms with Gasteiger partial charge in [0.25, 0.3) is 0 Å². The lowest BCUT2D eigenvalue weighted by Crippen LogP contribution is -2.37. The Bertz CT molecular complexity index is 296. The molecule has 5 heteroatoms. The first-order valence-electron chi connectivity index (χ1n) is 4.68. The molecule has 1 heterocycles. The topological polar surface area (TPSA) is 71.7 Å². The molecule has 0 aliphatic carbocycles. The monoisotopic (exact) mass is 213 g/mol. The number of rotatable bonds is 5. The highest BCUT2D eigenvalue weighted by atomic mass is 16.5. The lowest BCUT2D eigenvalue weighted by atomic mass is 10.2. The molecule has 0 spiro atoms. The van der Waals surface area contributed by atoms with E-state index in [0.29, 0.717) is 5.76 Å². The number of carbonyl (C=O) groups is 1. The fourth-order valence-electron chi connectivity index (χ4n) is 1.13. The third-order valence-electron chi connectivity index (χ3n) is 2.04. The first kappa shape index (κ1) is 11.7. The number of ether oxygens (including phenoxy) is 1. The molecule has 5 nitrogen and oxygen atoms in total. The smallest absolute Gasteiger partial charge is 0.322 e. The van der Waals surface area contributed by atoms with Crippen LogP contribution in [0, 0.1) is 0 Å². The van der Waals surface area contributed by atoms with Crippen LogP contribution in [0.25, 0.3) is 0 Å². The lowest BCUT2D eigenvalue weighted by molar-refractivity contribution is -0.142. The fourth-order valence-corrected chi connectivity index (χ4v) is 1.13. The molecule has 1 aromatic heterocycles. The molecule has 0 radical (unpaired) electrons. The van der Waals surface area contributed by atoms with Crippen LogP contribution in [0.3, 0.4) is 0 Å². The minimum atomic E-state index is -0.757. The molecular weight excluding hydrogens is 198 g/mol. The van der Waals surface area contributed by atoms with E-state index in [1.807, 2.05) is 0 Å². The Labute approximate surface area is 88.0 Å². The van der Waals surface area contributed by atoms with Crippen LogP contribution in [0.4, 0.5) is 0 Å². The SMILES string of the molecule is COC(=O)C(C)NCC(O)c1ccco1. The Hall–Kier alpha value is -1.33. The van der Waals surface area contributed by atoms with Crippen molar-refractivity contribution in [3.8, 4) is 0 Å². The highest BCUT2D eigenvalue weighted by molar-refractivity contribution is 5.75. The molecular formula is C10H15NO4. The van der Waals surface area contributed by atoms with E-state index in [4.69, 9.17) is 4.42 Å². The first-order valence-corrected chi connectivity index (χ1v) is 4.68. The molecule has 2 unspecified atom stereocenters. The summed E-state index contributed by atoms with van der Waals surface area (Å²) >= 11 is 0. The maximum atomic E-state index is 11.0. The van der Waals surface area contributed by atoms with Gasteiger partial charge in [-0.2, -0.15) is 0 Å². The van der Waals surface area contributed by atoms with Crippen molar-refractivity contribution in [2.24, 2.45) is 0 Å². The molecule has 0 bridgehead atoms. The second-order valence-corrected chi connectivity index (χ2v) is 3.18. The van der Waals surface area contributed by atoms with Crippen LogP contribution in [-0.4, -0.2) is 30.8 Å². The number of aliphatic hydroxyl groups is 1. The summed E-state index contributed by atoms with van der Waals surface area (Å²) in [5.74, 6) is 0.112. The van der Waals surface area contributed by atoms with E-state index in [0.717, 1.165) is 0 Å². The van der Waals surface area contributed by atoms with Crippen molar-refractivity contribution in [3.05, 3.63) is 24.2 Å². The average molecular weight is 213 g/mol. The normalized spacial score (nSPS) is 14.6. The molecule has 1 rings (SSSR count). The number of hydrogen-bond acceptors (Lipinski definition) is 5. The number of esters is 1. The van der Waals surface area contributed by atoms with Crippen LogP contribution >= 0.6 is 0 Å². The molecule has 84 valence electrons. The van der Waals surface area contributed by atoms with Crippen LogP contribution < -0.4 is 5.32 Å². The van der Waals surface area contributed by atoms with Gasteiger partial charge in [0.1, 0.15) is 17.9 Å². The van der Waals surface area contributed by atoms with Gasteiger partial charge in [-0.05, 0) is 19.1 Å². The van der Waals surface area contributed by atoms with Crippen molar-refractivity contribution in [1.29, 1.82) is 0 Å². The van der Waals surface area contributed by atoms with Crippen molar-refractivity contribution in [2.45, 2.75) is 19.1 Å². The maximum absolute atomic E-state index is 11.0. The number of carbonyl (C=O) groups excluding carboxylic acids is 1. The second kappa shape index (κ2) is 5.53. The van der Waals surface area contributed by atoms with Gasteiger partial charge >= 0.3 is 5.97 Å². The minimum Gasteiger partial charge on any atom is -0.468 e. The highest BCUT2D eigenvalue weighted by Crippen LogP contribution is 2.11. The van der Waals surface area contributed by atoms with Gasteiger partial charge in [-0.25, -0.2) is 0 Å². The van der Waals surface area contributed by atoms with Gasteiger partial charge in [0.15, 0.2) is 0 Å². The molecule has 0 amide bonds. The van der Waals surface area contributed by atoms with E-state index in [2.05, 4.69) is 10.1 Å². The number of nitrogens with one attached hydrogen (secondary N) is 1. The van der Waals surface area contributed by atoms with Crippen LogP contribution in [0.2, 0.25) is 0 Å². The Kier molecular flexibility index (Phi) is 4.33.